The molecule has 2 rings (SSSR count). The Labute approximate surface area is 136 Å². The molecule has 0 aliphatic carbocycles. The van der Waals surface area contributed by atoms with Gasteiger partial charge in [-0.2, -0.15) is 0 Å². The molecule has 1 aromatic rings. The van der Waals surface area contributed by atoms with Gasteiger partial charge in [0.1, 0.15) is 5.75 Å². The van der Waals surface area contributed by atoms with Gasteiger partial charge in [-0.05, 0) is 63.5 Å². The molecule has 0 saturated carbocycles. The highest BCUT2D eigenvalue weighted by Gasteiger charge is 2.18. The average molecular weight is 304 g/mol. The van der Waals surface area contributed by atoms with E-state index in [9.17, 15) is 0 Å². The first-order valence-corrected chi connectivity index (χ1v) is 8.85. The Kier molecular flexibility index (Phi) is 7.04. The van der Waals surface area contributed by atoms with Crippen molar-refractivity contribution in [1.82, 2.24) is 4.90 Å². The first kappa shape index (κ1) is 17.1. The molecule has 1 aliphatic heterocycles. The van der Waals surface area contributed by atoms with Gasteiger partial charge in [-0.25, -0.2) is 0 Å². The fraction of sp³-hybridized carbons (Fsp3) is 0.684. The maximum atomic E-state index is 5.73. The molecule has 1 heterocycles. The minimum atomic E-state index is 0.757. The van der Waals surface area contributed by atoms with Crippen LogP contribution in [-0.4, -0.2) is 44.7 Å². The Morgan fingerprint density at radius 2 is 2.00 bits per heavy atom. The normalized spacial score (nSPS) is 19.1. The monoisotopic (exact) mass is 304 g/mol. The third-order valence-electron chi connectivity index (χ3n) is 4.76. The summed E-state index contributed by atoms with van der Waals surface area (Å²) in [6.07, 6.45) is 7.66. The quantitative estimate of drug-likeness (QED) is 0.670. The van der Waals surface area contributed by atoms with Gasteiger partial charge in [0.15, 0.2) is 0 Å². The van der Waals surface area contributed by atoms with Crippen LogP contribution in [0.1, 0.15) is 45.4 Å². The molecule has 0 aromatic heterocycles. The van der Waals surface area contributed by atoms with E-state index in [4.69, 9.17) is 4.74 Å². The molecule has 0 bridgehead atoms. The lowest BCUT2D eigenvalue weighted by Crippen LogP contribution is -2.38. The summed E-state index contributed by atoms with van der Waals surface area (Å²) in [6, 6.07) is 9.29. The van der Waals surface area contributed by atoms with Crippen LogP contribution in [-0.2, 0) is 0 Å². The highest BCUT2D eigenvalue weighted by Crippen LogP contribution is 2.21. The highest BCUT2D eigenvalue weighted by molar-refractivity contribution is 5.48. The number of piperidine rings is 1. The van der Waals surface area contributed by atoms with E-state index in [1.54, 1.807) is 0 Å². The van der Waals surface area contributed by atoms with Gasteiger partial charge >= 0.3 is 0 Å². The number of hydrogen-bond acceptors (Lipinski definition) is 3. The maximum Gasteiger partial charge on any atom is 0.119 e. The smallest absolute Gasteiger partial charge is 0.119 e. The summed E-state index contributed by atoms with van der Waals surface area (Å²) < 4.78 is 5.73. The molecule has 3 nitrogen and oxygen atoms in total. The maximum absolute atomic E-state index is 5.73. The zero-order valence-electron chi connectivity index (χ0n) is 14.6. The lowest BCUT2D eigenvalue weighted by atomic mass is 10.00. The van der Waals surface area contributed by atoms with Crippen molar-refractivity contribution in [3.05, 3.63) is 24.3 Å². The minimum Gasteiger partial charge on any atom is -0.494 e. The van der Waals surface area contributed by atoms with E-state index < -0.39 is 0 Å². The number of unbranched alkanes of at least 4 members (excludes halogenated alkanes) is 1. The number of likely N-dealkylation sites (tertiary alicyclic amines) is 1. The van der Waals surface area contributed by atoms with Crippen molar-refractivity contribution >= 4 is 5.69 Å². The SMILES string of the molecule is CCCCOc1ccc(N(C)CCC2CCCCN2C)cc1. The van der Waals surface area contributed by atoms with Crippen LogP contribution in [0.15, 0.2) is 24.3 Å². The van der Waals surface area contributed by atoms with Gasteiger partial charge in [-0.3, -0.25) is 0 Å². The molecule has 0 spiro atoms. The van der Waals surface area contributed by atoms with Crippen molar-refractivity contribution in [3.8, 4) is 5.75 Å². The van der Waals surface area contributed by atoms with Crippen LogP contribution in [0.25, 0.3) is 0 Å². The Bertz CT molecular complexity index is 418. The zero-order valence-corrected chi connectivity index (χ0v) is 14.6. The summed E-state index contributed by atoms with van der Waals surface area (Å²) in [5, 5.41) is 0. The lowest BCUT2D eigenvalue weighted by Gasteiger charge is -2.34. The van der Waals surface area contributed by atoms with Crippen LogP contribution in [0.5, 0.6) is 5.75 Å². The fourth-order valence-electron chi connectivity index (χ4n) is 3.11. The highest BCUT2D eigenvalue weighted by atomic mass is 16.5. The summed E-state index contributed by atoms with van der Waals surface area (Å²) >= 11 is 0. The molecule has 0 N–H and O–H groups in total. The predicted octanol–water partition coefficient (Wildman–Crippen LogP) is 4.18. The van der Waals surface area contributed by atoms with Gasteiger partial charge in [-0.15, -0.1) is 0 Å². The summed E-state index contributed by atoms with van der Waals surface area (Å²) in [6.45, 7) is 5.38. The second-order valence-electron chi connectivity index (χ2n) is 6.54. The molecule has 22 heavy (non-hydrogen) atoms. The van der Waals surface area contributed by atoms with Gasteiger partial charge in [-0.1, -0.05) is 19.8 Å². The first-order chi connectivity index (χ1) is 10.7. The lowest BCUT2D eigenvalue weighted by molar-refractivity contribution is 0.178. The molecular formula is C19H32N2O. The summed E-state index contributed by atoms with van der Waals surface area (Å²) in [5.41, 5.74) is 1.28. The topological polar surface area (TPSA) is 15.7 Å². The average Bonchev–Trinajstić information content (AvgIpc) is 2.55. The second kappa shape index (κ2) is 9.04. The van der Waals surface area contributed by atoms with Crippen molar-refractivity contribution < 1.29 is 4.74 Å². The molecule has 1 aliphatic rings. The zero-order chi connectivity index (χ0) is 15.8. The van der Waals surface area contributed by atoms with Gasteiger partial charge < -0.3 is 14.5 Å². The third kappa shape index (κ3) is 5.20. The number of rotatable bonds is 8. The molecule has 0 radical (unpaired) electrons. The van der Waals surface area contributed by atoms with E-state index in [-0.39, 0.29) is 0 Å². The molecule has 124 valence electrons. The first-order valence-electron chi connectivity index (χ1n) is 8.85. The summed E-state index contributed by atoms with van der Waals surface area (Å²) in [4.78, 5) is 4.89. The summed E-state index contributed by atoms with van der Waals surface area (Å²) in [5.74, 6) is 0.984. The van der Waals surface area contributed by atoms with Gasteiger partial charge in [0.2, 0.25) is 0 Å². The van der Waals surface area contributed by atoms with Gasteiger partial charge in [0.25, 0.3) is 0 Å². The van der Waals surface area contributed by atoms with E-state index in [0.29, 0.717) is 0 Å². The van der Waals surface area contributed by atoms with Crippen molar-refractivity contribution in [2.45, 2.75) is 51.5 Å². The van der Waals surface area contributed by atoms with Crippen LogP contribution in [0.2, 0.25) is 0 Å². The van der Waals surface area contributed by atoms with Crippen molar-refractivity contribution in [2.24, 2.45) is 0 Å². The van der Waals surface area contributed by atoms with Crippen LogP contribution in [0.3, 0.4) is 0 Å². The molecule has 1 unspecified atom stereocenters. The van der Waals surface area contributed by atoms with Crippen LogP contribution >= 0.6 is 0 Å². The fourth-order valence-corrected chi connectivity index (χ4v) is 3.11. The molecular weight excluding hydrogens is 272 g/mol. The van der Waals surface area contributed by atoms with Gasteiger partial charge in [0, 0.05) is 25.3 Å². The largest absolute Gasteiger partial charge is 0.494 e. The number of benzene rings is 1. The number of anilines is 1. The molecule has 1 saturated heterocycles. The van der Waals surface area contributed by atoms with E-state index in [1.165, 1.54) is 44.3 Å². The number of nitrogens with zero attached hydrogens (tertiary/aromatic N) is 2. The molecule has 3 heteroatoms. The second-order valence-corrected chi connectivity index (χ2v) is 6.54. The number of hydrogen-bond donors (Lipinski definition) is 0. The van der Waals surface area contributed by atoms with Crippen LogP contribution < -0.4 is 9.64 Å². The Hall–Kier alpha value is -1.22. The van der Waals surface area contributed by atoms with Crippen molar-refractivity contribution in [1.29, 1.82) is 0 Å². The van der Waals surface area contributed by atoms with E-state index in [0.717, 1.165) is 31.4 Å². The van der Waals surface area contributed by atoms with E-state index in [2.05, 4.69) is 55.1 Å². The molecule has 1 fully saturated rings. The van der Waals surface area contributed by atoms with Crippen LogP contribution in [0, 0.1) is 0 Å². The van der Waals surface area contributed by atoms with E-state index in [1.807, 2.05) is 0 Å². The molecule has 0 amide bonds. The Morgan fingerprint density at radius 3 is 2.68 bits per heavy atom. The van der Waals surface area contributed by atoms with E-state index >= 15 is 0 Å². The summed E-state index contributed by atoms with van der Waals surface area (Å²) in [7, 11) is 4.46. The Morgan fingerprint density at radius 1 is 1.23 bits per heavy atom. The predicted molar refractivity (Wildman–Crippen MR) is 95.0 cm³/mol. The Balaban J connectivity index is 1.78. The molecule has 1 atom stereocenters. The minimum absolute atomic E-state index is 0.757. The van der Waals surface area contributed by atoms with Gasteiger partial charge in [0.05, 0.1) is 6.61 Å². The van der Waals surface area contributed by atoms with Crippen molar-refractivity contribution in [3.63, 3.8) is 0 Å². The van der Waals surface area contributed by atoms with Crippen molar-refractivity contribution in [2.75, 3.05) is 38.7 Å². The van der Waals surface area contributed by atoms with Crippen LogP contribution in [0.4, 0.5) is 5.69 Å². The molecule has 1 aromatic carbocycles. The standard InChI is InChI=1S/C19H32N2O/c1-4-5-16-22-19-11-9-18(10-12-19)21(3)15-13-17-8-6-7-14-20(17)2/h9-12,17H,4-8,13-16H2,1-3H3. The third-order valence-corrected chi connectivity index (χ3v) is 4.76. The number of ether oxygens (including phenoxy) is 1.